The monoisotopic (exact) mass is 348 g/mol. The fourth-order valence-corrected chi connectivity index (χ4v) is 4.27. The Morgan fingerprint density at radius 2 is 2.00 bits per heavy atom. The molecule has 1 aliphatic heterocycles. The van der Waals surface area contributed by atoms with Gasteiger partial charge in [0.25, 0.3) is 0 Å². The van der Waals surface area contributed by atoms with Crippen LogP contribution in [-0.4, -0.2) is 30.8 Å². The number of hydrogen-bond donors (Lipinski definition) is 1. The second-order valence-corrected chi connectivity index (χ2v) is 7.19. The highest BCUT2D eigenvalue weighted by atomic mass is 32.1. The molecule has 1 aliphatic rings. The van der Waals surface area contributed by atoms with Crippen LogP contribution in [0, 0.1) is 0 Å². The number of nitrogens with one attached hydrogen (secondary N) is 1. The summed E-state index contributed by atoms with van der Waals surface area (Å²) in [6, 6.07) is 12.9. The summed E-state index contributed by atoms with van der Waals surface area (Å²) >= 11 is 1.70. The molecule has 25 heavy (non-hydrogen) atoms. The summed E-state index contributed by atoms with van der Waals surface area (Å²) in [4.78, 5) is 15.4. The van der Waals surface area contributed by atoms with Gasteiger partial charge in [-0.3, -0.25) is 0 Å². The number of nitrogens with zero attached hydrogens (tertiary/aromatic N) is 5. The van der Waals surface area contributed by atoms with Gasteiger partial charge in [-0.15, -0.1) is 11.3 Å². The van der Waals surface area contributed by atoms with E-state index in [2.05, 4.69) is 55.7 Å². The Balaban J connectivity index is 1.47. The van der Waals surface area contributed by atoms with Crippen LogP contribution in [0.15, 0.2) is 49.1 Å². The lowest BCUT2D eigenvalue weighted by Gasteiger charge is -2.24. The van der Waals surface area contributed by atoms with Gasteiger partial charge in [0.2, 0.25) is 0 Å². The number of benzene rings is 1. The summed E-state index contributed by atoms with van der Waals surface area (Å²) < 4.78 is 1.97. The molecule has 124 valence electrons. The third kappa shape index (κ3) is 2.66. The first-order valence-corrected chi connectivity index (χ1v) is 9.11. The Morgan fingerprint density at radius 3 is 2.92 bits per heavy atom. The van der Waals surface area contributed by atoms with Crippen LogP contribution in [0.2, 0.25) is 0 Å². The van der Waals surface area contributed by atoms with Crippen molar-refractivity contribution in [1.82, 2.24) is 24.7 Å². The number of aromatic nitrogens is 5. The molecule has 4 heterocycles. The van der Waals surface area contributed by atoms with Crippen LogP contribution in [0.3, 0.4) is 0 Å². The first-order valence-electron chi connectivity index (χ1n) is 8.30. The van der Waals surface area contributed by atoms with Crippen LogP contribution < -0.4 is 5.32 Å². The second kappa shape index (κ2) is 5.93. The molecule has 0 amide bonds. The van der Waals surface area contributed by atoms with Crippen LogP contribution in [0.4, 0.5) is 5.82 Å². The molecule has 5 rings (SSSR count). The van der Waals surface area contributed by atoms with Gasteiger partial charge in [0, 0.05) is 17.3 Å². The number of fused-ring (bicyclic) bond motifs is 2. The van der Waals surface area contributed by atoms with E-state index in [1.807, 2.05) is 10.7 Å². The highest BCUT2D eigenvalue weighted by molar-refractivity contribution is 7.21. The average molecular weight is 348 g/mol. The van der Waals surface area contributed by atoms with E-state index in [1.54, 1.807) is 24.0 Å². The molecule has 3 aromatic heterocycles. The van der Waals surface area contributed by atoms with Gasteiger partial charge >= 0.3 is 0 Å². The summed E-state index contributed by atoms with van der Waals surface area (Å²) in [6.07, 6.45) is 5.23. The zero-order valence-corrected chi connectivity index (χ0v) is 14.3. The average Bonchev–Trinajstić information content (AvgIpc) is 3.29. The summed E-state index contributed by atoms with van der Waals surface area (Å²) in [7, 11) is 0. The Bertz CT molecular complexity index is 1020. The van der Waals surface area contributed by atoms with Crippen molar-refractivity contribution in [2.75, 3.05) is 5.32 Å². The number of thiophene rings is 1. The van der Waals surface area contributed by atoms with Gasteiger partial charge in [0.1, 0.15) is 29.1 Å². The minimum Gasteiger partial charge on any atom is -0.365 e. The molecule has 1 unspecified atom stereocenters. The highest BCUT2D eigenvalue weighted by Crippen LogP contribution is 2.35. The third-order valence-electron chi connectivity index (χ3n) is 4.53. The molecular weight excluding hydrogens is 332 g/mol. The molecule has 7 heteroatoms. The lowest BCUT2D eigenvalue weighted by atomic mass is 10.1. The summed E-state index contributed by atoms with van der Waals surface area (Å²) in [5.41, 5.74) is 1.21. The molecule has 0 aliphatic carbocycles. The fourth-order valence-electron chi connectivity index (χ4n) is 3.26. The maximum atomic E-state index is 4.49. The van der Waals surface area contributed by atoms with Gasteiger partial charge < -0.3 is 5.32 Å². The summed E-state index contributed by atoms with van der Waals surface area (Å²) in [6.45, 7) is 0.816. The topological polar surface area (TPSA) is 68.5 Å². The number of hydrogen-bond acceptors (Lipinski definition) is 6. The number of rotatable bonds is 3. The molecule has 1 aromatic carbocycles. The van der Waals surface area contributed by atoms with Gasteiger partial charge in [-0.05, 0) is 18.1 Å². The Kier molecular flexibility index (Phi) is 3.45. The van der Waals surface area contributed by atoms with Gasteiger partial charge in [0.05, 0.1) is 11.9 Å². The molecule has 0 bridgehead atoms. The fraction of sp³-hybridized carbons (Fsp3) is 0.222. The molecule has 6 nitrogen and oxygen atoms in total. The maximum Gasteiger partial charge on any atom is 0.138 e. The molecule has 0 fully saturated rings. The van der Waals surface area contributed by atoms with Crippen molar-refractivity contribution in [3.63, 3.8) is 0 Å². The molecule has 4 aromatic rings. The number of aryl methyl sites for hydroxylation is 1. The predicted molar refractivity (Wildman–Crippen MR) is 98.6 cm³/mol. The van der Waals surface area contributed by atoms with Crippen molar-refractivity contribution in [3.8, 4) is 10.4 Å². The van der Waals surface area contributed by atoms with Gasteiger partial charge in [-0.2, -0.15) is 5.10 Å². The summed E-state index contributed by atoms with van der Waals surface area (Å²) in [5.74, 6) is 1.96. The highest BCUT2D eigenvalue weighted by Gasteiger charge is 2.21. The van der Waals surface area contributed by atoms with Crippen LogP contribution >= 0.6 is 11.3 Å². The van der Waals surface area contributed by atoms with Crippen molar-refractivity contribution in [2.45, 2.75) is 25.4 Å². The number of anilines is 1. The normalized spacial score (nSPS) is 16.7. The van der Waals surface area contributed by atoms with E-state index in [4.69, 9.17) is 0 Å². The first-order chi connectivity index (χ1) is 12.4. The largest absolute Gasteiger partial charge is 0.365 e. The zero-order chi connectivity index (χ0) is 16.6. The van der Waals surface area contributed by atoms with Gasteiger partial charge in [-0.25, -0.2) is 19.6 Å². The minimum absolute atomic E-state index is 0.298. The van der Waals surface area contributed by atoms with Crippen molar-refractivity contribution in [1.29, 1.82) is 0 Å². The van der Waals surface area contributed by atoms with Crippen molar-refractivity contribution >= 4 is 27.4 Å². The van der Waals surface area contributed by atoms with Crippen LogP contribution in [0.25, 0.3) is 20.7 Å². The lowest BCUT2D eigenvalue weighted by Crippen LogP contribution is -2.32. The van der Waals surface area contributed by atoms with Gasteiger partial charge in [0.15, 0.2) is 0 Å². The Labute approximate surface area is 148 Å². The minimum atomic E-state index is 0.298. The standard InChI is InChI=1S/C18H16N6S/c1-2-4-12(5-3-1)15-8-14-17(20-10-21-18(14)25-15)23-13-6-7-16-19-11-22-24(16)9-13/h1-5,8,10-11,13H,6-7,9H2,(H,20,21,23). The molecule has 1 atom stereocenters. The second-order valence-electron chi connectivity index (χ2n) is 6.16. The van der Waals surface area contributed by atoms with Crippen LogP contribution in [-0.2, 0) is 13.0 Å². The molecule has 0 radical (unpaired) electrons. The zero-order valence-electron chi connectivity index (χ0n) is 13.5. The Hall–Kier alpha value is -2.80. The Morgan fingerprint density at radius 1 is 1.08 bits per heavy atom. The van der Waals surface area contributed by atoms with E-state index in [-0.39, 0.29) is 0 Å². The third-order valence-corrected chi connectivity index (χ3v) is 5.63. The first kappa shape index (κ1) is 14.5. The molecule has 0 saturated carbocycles. The lowest BCUT2D eigenvalue weighted by molar-refractivity contribution is 0.441. The predicted octanol–water partition coefficient (Wildman–Crippen LogP) is 3.38. The van der Waals surface area contributed by atoms with Crippen molar-refractivity contribution in [2.24, 2.45) is 0 Å². The van der Waals surface area contributed by atoms with E-state index < -0.39 is 0 Å². The van der Waals surface area contributed by atoms with Crippen LogP contribution in [0.1, 0.15) is 12.2 Å². The molecule has 1 N–H and O–H groups in total. The smallest absolute Gasteiger partial charge is 0.138 e. The van der Waals surface area contributed by atoms with Crippen LogP contribution in [0.5, 0.6) is 0 Å². The SMILES string of the molecule is c1ccc(-c2cc3c(NC4CCc5ncnn5C4)ncnc3s2)cc1. The van der Waals surface area contributed by atoms with E-state index in [0.717, 1.165) is 41.2 Å². The van der Waals surface area contributed by atoms with Crippen molar-refractivity contribution < 1.29 is 0 Å². The molecule has 0 saturated heterocycles. The van der Waals surface area contributed by atoms with E-state index in [1.165, 1.54) is 10.4 Å². The van der Waals surface area contributed by atoms with Crippen molar-refractivity contribution in [3.05, 3.63) is 54.9 Å². The van der Waals surface area contributed by atoms with E-state index in [0.29, 0.717) is 6.04 Å². The van der Waals surface area contributed by atoms with Gasteiger partial charge in [-0.1, -0.05) is 30.3 Å². The van der Waals surface area contributed by atoms with E-state index in [9.17, 15) is 0 Å². The van der Waals surface area contributed by atoms with E-state index >= 15 is 0 Å². The quantitative estimate of drug-likeness (QED) is 0.615. The molecule has 0 spiro atoms. The molecular formula is C18H16N6S. The summed E-state index contributed by atoms with van der Waals surface area (Å²) in [5, 5.41) is 8.96. The maximum absolute atomic E-state index is 4.49.